The van der Waals surface area contributed by atoms with Gasteiger partial charge in [0.05, 0.1) is 6.61 Å². The monoisotopic (exact) mass is 333 g/mol. The van der Waals surface area contributed by atoms with Crippen LogP contribution in [0.4, 0.5) is 0 Å². The highest BCUT2D eigenvalue weighted by molar-refractivity contribution is 5.76. The minimum absolute atomic E-state index is 0.0235. The number of aliphatic hydroxyl groups excluding tert-OH is 1. The summed E-state index contributed by atoms with van der Waals surface area (Å²) in [4.78, 5) is 30.0. The zero-order chi connectivity index (χ0) is 17.8. The van der Waals surface area contributed by atoms with Gasteiger partial charge in [0, 0.05) is 31.5 Å². The maximum Gasteiger partial charge on any atom is 0.332 e. The van der Waals surface area contributed by atoms with E-state index in [1.165, 1.54) is 9.13 Å². The third kappa shape index (κ3) is 2.13. The van der Waals surface area contributed by atoms with Crippen LogP contribution in [0.3, 0.4) is 0 Å². The van der Waals surface area contributed by atoms with Crippen molar-refractivity contribution in [2.45, 2.75) is 40.8 Å². The summed E-state index contributed by atoms with van der Waals surface area (Å²) in [6.45, 7) is 8.51. The number of hydrogen-bond donors (Lipinski definition) is 1. The lowest BCUT2D eigenvalue weighted by Crippen LogP contribution is -2.40. The van der Waals surface area contributed by atoms with Crippen molar-refractivity contribution in [1.82, 2.24) is 23.1 Å². The van der Waals surface area contributed by atoms with Gasteiger partial charge in [0.25, 0.3) is 5.56 Å². The molecule has 130 valence electrons. The normalized spacial score (nSPS) is 12.1. The lowest BCUT2D eigenvalue weighted by molar-refractivity contribution is 0.276. The SMILES string of the molecule is Cc1c(C)n2c3c(=O)n(CC(C)C)c(=O)n(C)c3nc2n1CCO. The largest absolute Gasteiger partial charge is 0.395 e. The molecule has 3 aromatic heterocycles. The molecule has 0 aliphatic carbocycles. The van der Waals surface area contributed by atoms with Crippen molar-refractivity contribution in [2.75, 3.05) is 6.61 Å². The van der Waals surface area contributed by atoms with Crippen molar-refractivity contribution >= 4 is 16.9 Å². The van der Waals surface area contributed by atoms with Gasteiger partial charge in [-0.2, -0.15) is 4.98 Å². The van der Waals surface area contributed by atoms with Crippen molar-refractivity contribution < 1.29 is 5.11 Å². The molecule has 0 radical (unpaired) electrons. The van der Waals surface area contributed by atoms with Crippen LogP contribution in [0.15, 0.2) is 9.59 Å². The molecule has 3 rings (SSSR count). The number of fused-ring (bicyclic) bond motifs is 3. The van der Waals surface area contributed by atoms with E-state index in [9.17, 15) is 14.7 Å². The van der Waals surface area contributed by atoms with Crippen LogP contribution in [0, 0.1) is 19.8 Å². The van der Waals surface area contributed by atoms with E-state index < -0.39 is 0 Å². The molecule has 0 aliphatic heterocycles. The molecule has 0 aromatic carbocycles. The molecule has 0 saturated carbocycles. The standard InChI is InChI=1S/C16H23N5O3/c1-9(2)8-20-14(23)12-13(18(5)16(20)24)17-15-19(6-7-22)10(3)11(4)21(12)15/h9,22H,6-8H2,1-5H3. The molecule has 0 amide bonds. The van der Waals surface area contributed by atoms with Gasteiger partial charge in [-0.3, -0.25) is 18.3 Å². The first-order chi connectivity index (χ1) is 11.3. The topological polar surface area (TPSA) is 86.5 Å². The van der Waals surface area contributed by atoms with Crippen LogP contribution in [0.25, 0.3) is 16.9 Å². The van der Waals surface area contributed by atoms with Gasteiger partial charge in [-0.15, -0.1) is 0 Å². The van der Waals surface area contributed by atoms with Gasteiger partial charge in [-0.05, 0) is 19.8 Å². The molecule has 24 heavy (non-hydrogen) atoms. The van der Waals surface area contributed by atoms with Crippen molar-refractivity contribution in [3.05, 3.63) is 32.2 Å². The number of aryl methyl sites for hydroxylation is 2. The van der Waals surface area contributed by atoms with E-state index in [1.807, 2.05) is 32.3 Å². The van der Waals surface area contributed by atoms with Crippen LogP contribution in [0.5, 0.6) is 0 Å². The minimum Gasteiger partial charge on any atom is -0.395 e. The smallest absolute Gasteiger partial charge is 0.332 e. The predicted molar refractivity (Wildman–Crippen MR) is 91.6 cm³/mol. The van der Waals surface area contributed by atoms with Crippen molar-refractivity contribution in [3.8, 4) is 0 Å². The number of nitrogens with zero attached hydrogens (tertiary/aromatic N) is 5. The lowest BCUT2D eigenvalue weighted by Gasteiger charge is -2.10. The van der Waals surface area contributed by atoms with Crippen LogP contribution in [0.2, 0.25) is 0 Å². The Bertz CT molecular complexity index is 1050. The van der Waals surface area contributed by atoms with Gasteiger partial charge in [-0.25, -0.2) is 4.79 Å². The summed E-state index contributed by atoms with van der Waals surface area (Å²) in [6, 6.07) is 0. The molecule has 0 saturated heterocycles. The van der Waals surface area contributed by atoms with Gasteiger partial charge >= 0.3 is 5.69 Å². The summed E-state index contributed by atoms with van der Waals surface area (Å²) in [6.07, 6.45) is 0. The maximum absolute atomic E-state index is 13.0. The number of rotatable bonds is 4. The molecular weight excluding hydrogens is 310 g/mol. The Balaban J connectivity index is 2.52. The fourth-order valence-electron chi connectivity index (χ4n) is 3.21. The third-order valence-electron chi connectivity index (χ3n) is 4.50. The first-order valence-electron chi connectivity index (χ1n) is 8.08. The average Bonchev–Trinajstić information content (AvgIpc) is 3.02. The summed E-state index contributed by atoms with van der Waals surface area (Å²) < 4.78 is 6.36. The summed E-state index contributed by atoms with van der Waals surface area (Å²) in [5.74, 6) is 0.751. The van der Waals surface area contributed by atoms with Crippen LogP contribution in [-0.2, 0) is 20.1 Å². The molecule has 8 heteroatoms. The molecule has 0 unspecified atom stereocenters. The van der Waals surface area contributed by atoms with Gasteiger partial charge in [-0.1, -0.05) is 13.8 Å². The van der Waals surface area contributed by atoms with Gasteiger partial charge in [0.2, 0.25) is 5.78 Å². The van der Waals surface area contributed by atoms with Crippen LogP contribution in [-0.4, -0.2) is 34.8 Å². The maximum atomic E-state index is 13.0. The Morgan fingerprint density at radius 1 is 1.12 bits per heavy atom. The van der Waals surface area contributed by atoms with E-state index in [0.29, 0.717) is 30.0 Å². The molecule has 0 aliphatic rings. The highest BCUT2D eigenvalue weighted by Gasteiger charge is 2.22. The lowest BCUT2D eigenvalue weighted by atomic mass is 10.2. The Morgan fingerprint density at radius 2 is 1.79 bits per heavy atom. The number of aliphatic hydroxyl groups is 1. The van der Waals surface area contributed by atoms with E-state index >= 15 is 0 Å². The molecule has 8 nitrogen and oxygen atoms in total. The molecule has 0 fully saturated rings. The second-order valence-electron chi connectivity index (χ2n) is 6.62. The van der Waals surface area contributed by atoms with Crippen molar-refractivity contribution in [2.24, 2.45) is 13.0 Å². The average molecular weight is 333 g/mol. The fraction of sp³-hybridized carbons (Fsp3) is 0.562. The number of hydrogen-bond acceptors (Lipinski definition) is 4. The summed E-state index contributed by atoms with van der Waals surface area (Å²) in [5, 5.41) is 9.31. The summed E-state index contributed by atoms with van der Waals surface area (Å²) >= 11 is 0. The van der Waals surface area contributed by atoms with Crippen LogP contribution in [0.1, 0.15) is 25.2 Å². The van der Waals surface area contributed by atoms with Crippen molar-refractivity contribution in [3.63, 3.8) is 0 Å². The second-order valence-corrected chi connectivity index (χ2v) is 6.62. The highest BCUT2D eigenvalue weighted by Crippen LogP contribution is 2.20. The van der Waals surface area contributed by atoms with Gasteiger partial charge in [0.1, 0.15) is 0 Å². The minimum atomic E-state index is -0.356. The number of imidazole rings is 2. The highest BCUT2D eigenvalue weighted by atomic mass is 16.3. The Kier molecular flexibility index (Phi) is 3.87. The van der Waals surface area contributed by atoms with E-state index in [4.69, 9.17) is 0 Å². The third-order valence-corrected chi connectivity index (χ3v) is 4.50. The molecule has 3 aromatic rings. The predicted octanol–water partition coefficient (Wildman–Crippen LogP) is 0.415. The van der Waals surface area contributed by atoms with E-state index in [1.54, 1.807) is 11.4 Å². The first-order valence-corrected chi connectivity index (χ1v) is 8.08. The number of aromatic nitrogens is 5. The van der Waals surface area contributed by atoms with Gasteiger partial charge < -0.3 is 9.67 Å². The van der Waals surface area contributed by atoms with E-state index in [2.05, 4.69) is 4.98 Å². The van der Waals surface area contributed by atoms with Crippen molar-refractivity contribution in [1.29, 1.82) is 0 Å². The molecule has 3 heterocycles. The zero-order valence-corrected chi connectivity index (χ0v) is 14.7. The second kappa shape index (κ2) is 5.62. The molecular formula is C16H23N5O3. The molecule has 0 spiro atoms. The Morgan fingerprint density at radius 3 is 2.38 bits per heavy atom. The van der Waals surface area contributed by atoms with Crippen LogP contribution >= 0.6 is 0 Å². The molecule has 0 atom stereocenters. The summed E-state index contributed by atoms with van der Waals surface area (Å²) in [7, 11) is 1.63. The van der Waals surface area contributed by atoms with E-state index in [-0.39, 0.29) is 23.8 Å². The first kappa shape index (κ1) is 16.5. The summed E-state index contributed by atoms with van der Waals surface area (Å²) in [5.41, 5.74) is 1.92. The molecule has 0 bridgehead atoms. The van der Waals surface area contributed by atoms with E-state index in [0.717, 1.165) is 11.4 Å². The molecule has 1 N–H and O–H groups in total. The van der Waals surface area contributed by atoms with Gasteiger partial charge in [0.15, 0.2) is 11.2 Å². The van der Waals surface area contributed by atoms with Crippen LogP contribution < -0.4 is 11.2 Å². The zero-order valence-electron chi connectivity index (χ0n) is 14.7. The fourth-order valence-corrected chi connectivity index (χ4v) is 3.21. The Hall–Kier alpha value is -2.35. The quantitative estimate of drug-likeness (QED) is 0.749. The Labute approximate surface area is 138 Å².